The van der Waals surface area contributed by atoms with E-state index in [1.807, 2.05) is 6.07 Å². The van der Waals surface area contributed by atoms with Gasteiger partial charge in [-0.05, 0) is 47.8 Å². The van der Waals surface area contributed by atoms with Crippen molar-refractivity contribution >= 4 is 31.9 Å². The van der Waals surface area contributed by atoms with Crippen LogP contribution in [0.15, 0.2) is 21.1 Å². The van der Waals surface area contributed by atoms with E-state index < -0.39 is 0 Å². The van der Waals surface area contributed by atoms with Crippen LogP contribution in [0.5, 0.6) is 5.75 Å². The SMILES string of the molecule is COc1c(Br)cc(Br)cc1CNCC1(C)CCCO1. The van der Waals surface area contributed by atoms with Crippen molar-refractivity contribution in [2.45, 2.75) is 31.9 Å². The lowest BCUT2D eigenvalue weighted by molar-refractivity contribution is 0.0206. The summed E-state index contributed by atoms with van der Waals surface area (Å²) in [6, 6.07) is 4.07. The molecule has 1 N–H and O–H groups in total. The van der Waals surface area contributed by atoms with Gasteiger partial charge in [-0.15, -0.1) is 0 Å². The van der Waals surface area contributed by atoms with Gasteiger partial charge >= 0.3 is 0 Å². The molecule has 1 saturated heterocycles. The number of ether oxygens (including phenoxy) is 2. The third-order valence-corrected chi connectivity index (χ3v) is 4.45. The largest absolute Gasteiger partial charge is 0.495 e. The van der Waals surface area contributed by atoms with E-state index in [9.17, 15) is 0 Å². The third kappa shape index (κ3) is 3.94. The zero-order chi connectivity index (χ0) is 13.9. The number of methoxy groups -OCH3 is 1. The summed E-state index contributed by atoms with van der Waals surface area (Å²) in [5.41, 5.74) is 1.11. The van der Waals surface area contributed by atoms with Crippen molar-refractivity contribution in [3.63, 3.8) is 0 Å². The van der Waals surface area contributed by atoms with Crippen molar-refractivity contribution in [3.05, 3.63) is 26.6 Å². The summed E-state index contributed by atoms with van der Waals surface area (Å²) in [7, 11) is 1.69. The van der Waals surface area contributed by atoms with Crippen LogP contribution in [0.2, 0.25) is 0 Å². The molecule has 0 spiro atoms. The Morgan fingerprint density at radius 2 is 2.21 bits per heavy atom. The second kappa shape index (κ2) is 6.57. The Balaban J connectivity index is 1.99. The van der Waals surface area contributed by atoms with Crippen LogP contribution < -0.4 is 10.1 Å². The third-order valence-electron chi connectivity index (χ3n) is 3.40. The first-order chi connectivity index (χ1) is 9.04. The highest BCUT2D eigenvalue weighted by Crippen LogP contribution is 2.32. The van der Waals surface area contributed by atoms with Gasteiger partial charge in [-0.1, -0.05) is 15.9 Å². The number of nitrogens with one attached hydrogen (secondary N) is 1. The van der Waals surface area contributed by atoms with Crippen LogP contribution in [0.3, 0.4) is 0 Å². The molecular formula is C14H19Br2NO2. The number of rotatable bonds is 5. The highest BCUT2D eigenvalue weighted by Gasteiger charge is 2.29. The van der Waals surface area contributed by atoms with Crippen molar-refractivity contribution in [2.75, 3.05) is 20.3 Å². The molecule has 1 fully saturated rings. The van der Waals surface area contributed by atoms with Gasteiger partial charge < -0.3 is 14.8 Å². The van der Waals surface area contributed by atoms with Gasteiger partial charge in [-0.2, -0.15) is 0 Å². The maximum absolute atomic E-state index is 5.77. The maximum atomic E-state index is 5.77. The average molecular weight is 393 g/mol. The molecule has 0 saturated carbocycles. The van der Waals surface area contributed by atoms with E-state index in [4.69, 9.17) is 9.47 Å². The van der Waals surface area contributed by atoms with Gasteiger partial charge in [0.2, 0.25) is 0 Å². The van der Waals surface area contributed by atoms with Gasteiger partial charge in [0, 0.05) is 29.7 Å². The van der Waals surface area contributed by atoms with Crippen LogP contribution >= 0.6 is 31.9 Å². The number of benzene rings is 1. The average Bonchev–Trinajstić information content (AvgIpc) is 2.76. The Morgan fingerprint density at radius 1 is 1.42 bits per heavy atom. The molecule has 0 aliphatic carbocycles. The molecule has 3 nitrogen and oxygen atoms in total. The number of hydrogen-bond acceptors (Lipinski definition) is 3. The molecule has 0 aromatic heterocycles. The van der Waals surface area contributed by atoms with Gasteiger partial charge in [0.25, 0.3) is 0 Å². The molecule has 1 unspecified atom stereocenters. The van der Waals surface area contributed by atoms with Crippen LogP contribution in [-0.4, -0.2) is 25.9 Å². The topological polar surface area (TPSA) is 30.5 Å². The predicted octanol–water partition coefficient (Wildman–Crippen LogP) is 3.88. The molecule has 1 aliphatic rings. The minimum Gasteiger partial charge on any atom is -0.495 e. The van der Waals surface area contributed by atoms with Gasteiger partial charge in [-0.3, -0.25) is 0 Å². The molecule has 19 heavy (non-hydrogen) atoms. The van der Waals surface area contributed by atoms with E-state index in [0.29, 0.717) is 0 Å². The summed E-state index contributed by atoms with van der Waals surface area (Å²) in [5, 5.41) is 3.47. The fourth-order valence-corrected chi connectivity index (χ4v) is 3.89. The lowest BCUT2D eigenvalue weighted by Gasteiger charge is -2.24. The van der Waals surface area contributed by atoms with Gasteiger partial charge in [0.05, 0.1) is 17.2 Å². The normalized spacial score (nSPS) is 22.7. The molecule has 2 rings (SSSR count). The smallest absolute Gasteiger partial charge is 0.137 e. The van der Waals surface area contributed by atoms with Crippen molar-refractivity contribution < 1.29 is 9.47 Å². The van der Waals surface area contributed by atoms with Crippen LogP contribution in [0, 0.1) is 0 Å². The van der Waals surface area contributed by atoms with Crippen molar-refractivity contribution in [3.8, 4) is 5.75 Å². The van der Waals surface area contributed by atoms with Crippen LogP contribution in [-0.2, 0) is 11.3 Å². The van der Waals surface area contributed by atoms with E-state index in [0.717, 1.165) is 52.8 Å². The minimum atomic E-state index is -0.0174. The van der Waals surface area contributed by atoms with Crippen molar-refractivity contribution in [1.29, 1.82) is 0 Å². The Hall–Kier alpha value is -0.100. The maximum Gasteiger partial charge on any atom is 0.137 e. The zero-order valence-electron chi connectivity index (χ0n) is 11.3. The first-order valence-electron chi connectivity index (χ1n) is 6.41. The summed E-state index contributed by atoms with van der Waals surface area (Å²) in [5.74, 6) is 0.883. The van der Waals surface area contributed by atoms with E-state index >= 15 is 0 Å². The molecule has 5 heteroatoms. The van der Waals surface area contributed by atoms with Crippen molar-refractivity contribution in [2.24, 2.45) is 0 Å². The fourth-order valence-electron chi connectivity index (χ4n) is 2.41. The molecule has 0 bridgehead atoms. The fraction of sp³-hybridized carbons (Fsp3) is 0.571. The van der Waals surface area contributed by atoms with Crippen LogP contribution in [0.25, 0.3) is 0 Å². The number of halogens is 2. The Kier molecular flexibility index (Phi) is 5.29. The van der Waals surface area contributed by atoms with E-state index in [2.05, 4.69) is 50.2 Å². The molecule has 1 atom stereocenters. The van der Waals surface area contributed by atoms with E-state index in [1.54, 1.807) is 7.11 Å². The van der Waals surface area contributed by atoms with Crippen LogP contribution in [0.4, 0.5) is 0 Å². The number of hydrogen-bond donors (Lipinski definition) is 1. The molecule has 106 valence electrons. The zero-order valence-corrected chi connectivity index (χ0v) is 14.4. The summed E-state index contributed by atoms with van der Waals surface area (Å²) in [4.78, 5) is 0. The second-order valence-electron chi connectivity index (χ2n) is 5.09. The first kappa shape index (κ1) is 15.3. The van der Waals surface area contributed by atoms with Gasteiger partial charge in [0.1, 0.15) is 5.75 Å². The van der Waals surface area contributed by atoms with Gasteiger partial charge in [-0.25, -0.2) is 0 Å². The second-order valence-corrected chi connectivity index (χ2v) is 6.86. The van der Waals surface area contributed by atoms with Gasteiger partial charge in [0.15, 0.2) is 0 Å². The molecule has 1 aliphatic heterocycles. The standard InChI is InChI=1S/C14H19Br2NO2/c1-14(4-3-5-19-14)9-17-8-10-6-11(15)7-12(16)13(10)18-2/h6-7,17H,3-5,8-9H2,1-2H3. The molecule has 1 aromatic carbocycles. The molecule has 0 amide bonds. The molecule has 1 heterocycles. The highest BCUT2D eigenvalue weighted by atomic mass is 79.9. The highest BCUT2D eigenvalue weighted by molar-refractivity contribution is 9.11. The predicted molar refractivity (Wildman–Crippen MR) is 83.7 cm³/mol. The first-order valence-corrected chi connectivity index (χ1v) is 7.99. The lowest BCUT2D eigenvalue weighted by Crippen LogP contribution is -2.36. The lowest BCUT2D eigenvalue weighted by atomic mass is 10.0. The monoisotopic (exact) mass is 391 g/mol. The van der Waals surface area contributed by atoms with Crippen LogP contribution in [0.1, 0.15) is 25.3 Å². The summed E-state index contributed by atoms with van der Waals surface area (Å²) in [6.45, 7) is 4.67. The Labute approximate surface area is 131 Å². The molecular weight excluding hydrogens is 374 g/mol. The summed E-state index contributed by atoms with van der Waals surface area (Å²) < 4.78 is 13.2. The van der Waals surface area contributed by atoms with E-state index in [1.165, 1.54) is 0 Å². The molecule has 1 aromatic rings. The summed E-state index contributed by atoms with van der Waals surface area (Å²) >= 11 is 7.03. The Morgan fingerprint density at radius 3 is 2.84 bits per heavy atom. The quantitative estimate of drug-likeness (QED) is 0.824. The minimum absolute atomic E-state index is 0.0174. The molecule has 0 radical (unpaired) electrons. The van der Waals surface area contributed by atoms with Crippen molar-refractivity contribution in [1.82, 2.24) is 5.32 Å². The Bertz CT molecular complexity index is 445. The van der Waals surface area contributed by atoms with E-state index in [-0.39, 0.29) is 5.60 Å². The summed E-state index contributed by atoms with van der Waals surface area (Å²) in [6.07, 6.45) is 2.28.